The van der Waals surface area contributed by atoms with Gasteiger partial charge in [-0.3, -0.25) is 0 Å². The van der Waals surface area contributed by atoms with Gasteiger partial charge in [0.15, 0.2) is 0 Å². The monoisotopic (exact) mass is 257 g/mol. The van der Waals surface area contributed by atoms with Crippen LogP contribution in [0, 0.1) is 0 Å². The van der Waals surface area contributed by atoms with Gasteiger partial charge in [0, 0.05) is 18.8 Å². The molecule has 0 saturated carbocycles. The van der Waals surface area contributed by atoms with Crippen molar-refractivity contribution in [3.8, 4) is 0 Å². The van der Waals surface area contributed by atoms with Crippen LogP contribution in [-0.2, 0) is 10.0 Å². The Morgan fingerprint density at radius 1 is 1.53 bits per heavy atom. The zero-order chi connectivity index (χ0) is 12.5. The molecule has 2 aromatic heterocycles. The molecular formula is C9H11N3O4S. The third kappa shape index (κ3) is 2.38. The maximum absolute atomic E-state index is 11.1. The number of hydrogen-bond donors (Lipinski definition) is 3. The lowest BCUT2D eigenvalue weighted by atomic mass is 10.3. The SMILES string of the molecule is NS(=O)(=O)c1cc2c(NCCO)nccc2o1. The van der Waals surface area contributed by atoms with E-state index in [4.69, 9.17) is 14.7 Å². The minimum absolute atomic E-state index is 0.0576. The van der Waals surface area contributed by atoms with Gasteiger partial charge >= 0.3 is 0 Å². The van der Waals surface area contributed by atoms with Crippen molar-refractivity contribution < 1.29 is 17.9 Å². The van der Waals surface area contributed by atoms with Crippen molar-refractivity contribution in [2.75, 3.05) is 18.5 Å². The van der Waals surface area contributed by atoms with Crippen molar-refractivity contribution >= 4 is 26.8 Å². The second kappa shape index (κ2) is 4.32. The number of aromatic nitrogens is 1. The second-order valence-electron chi connectivity index (χ2n) is 3.33. The number of nitrogens with two attached hydrogens (primary N) is 1. The van der Waals surface area contributed by atoms with Gasteiger partial charge in [0.1, 0.15) is 11.4 Å². The molecule has 8 heteroatoms. The van der Waals surface area contributed by atoms with Crippen LogP contribution in [0.25, 0.3) is 11.0 Å². The Morgan fingerprint density at radius 3 is 2.94 bits per heavy atom. The normalized spacial score (nSPS) is 11.9. The third-order valence-corrected chi connectivity index (χ3v) is 2.87. The molecule has 17 heavy (non-hydrogen) atoms. The molecule has 0 aliphatic heterocycles. The number of hydrogen-bond acceptors (Lipinski definition) is 6. The van der Waals surface area contributed by atoms with Crippen LogP contribution in [0.15, 0.2) is 27.8 Å². The summed E-state index contributed by atoms with van der Waals surface area (Å²) in [7, 11) is -3.87. The van der Waals surface area contributed by atoms with E-state index in [1.54, 1.807) is 0 Å². The smallest absolute Gasteiger partial charge is 0.271 e. The molecule has 0 amide bonds. The number of aliphatic hydroxyl groups excluding tert-OH is 1. The summed E-state index contributed by atoms with van der Waals surface area (Å²) in [5.41, 5.74) is 0.365. The number of fused-ring (bicyclic) bond motifs is 1. The van der Waals surface area contributed by atoms with E-state index in [9.17, 15) is 8.42 Å². The molecule has 0 spiro atoms. The maximum atomic E-state index is 11.1. The highest BCUT2D eigenvalue weighted by molar-refractivity contribution is 7.89. The lowest BCUT2D eigenvalue weighted by Gasteiger charge is -2.02. The minimum Gasteiger partial charge on any atom is -0.443 e. The fourth-order valence-electron chi connectivity index (χ4n) is 1.40. The van der Waals surface area contributed by atoms with Crippen molar-refractivity contribution in [2.45, 2.75) is 5.09 Å². The quantitative estimate of drug-likeness (QED) is 0.702. The van der Waals surface area contributed by atoms with E-state index in [2.05, 4.69) is 10.3 Å². The number of sulfonamides is 1. The van der Waals surface area contributed by atoms with Gasteiger partial charge in [0.05, 0.1) is 12.0 Å². The summed E-state index contributed by atoms with van der Waals surface area (Å²) in [6.45, 7) is 0.250. The summed E-state index contributed by atoms with van der Waals surface area (Å²) in [4.78, 5) is 4.02. The summed E-state index contributed by atoms with van der Waals surface area (Å²) in [5, 5.41) is 16.7. The first-order valence-electron chi connectivity index (χ1n) is 4.78. The Morgan fingerprint density at radius 2 is 2.29 bits per heavy atom. The number of rotatable bonds is 4. The molecule has 0 saturated heterocycles. The standard InChI is InChI=1S/C9H11N3O4S/c10-17(14,15)8-5-6-7(16-8)1-2-11-9(6)12-3-4-13/h1-2,5,13H,3-4H2,(H,11,12)(H2,10,14,15). The number of pyridine rings is 1. The van der Waals surface area contributed by atoms with E-state index in [-0.39, 0.29) is 11.7 Å². The fraction of sp³-hybridized carbons (Fsp3) is 0.222. The summed E-state index contributed by atoms with van der Waals surface area (Å²) in [6.07, 6.45) is 1.47. The van der Waals surface area contributed by atoms with E-state index in [1.807, 2.05) is 0 Å². The van der Waals surface area contributed by atoms with Crippen molar-refractivity contribution in [1.82, 2.24) is 4.98 Å². The van der Waals surface area contributed by atoms with E-state index in [0.29, 0.717) is 23.3 Å². The minimum atomic E-state index is -3.87. The predicted molar refractivity (Wildman–Crippen MR) is 61.0 cm³/mol. The first kappa shape index (κ1) is 11.8. The van der Waals surface area contributed by atoms with Crippen molar-refractivity contribution in [3.05, 3.63) is 18.3 Å². The maximum Gasteiger partial charge on any atom is 0.271 e. The molecule has 7 nitrogen and oxygen atoms in total. The van der Waals surface area contributed by atoms with Crippen molar-refractivity contribution in [3.63, 3.8) is 0 Å². The summed E-state index contributed by atoms with van der Waals surface area (Å²) in [6, 6.07) is 2.84. The fourth-order valence-corrected chi connectivity index (χ4v) is 1.88. The van der Waals surface area contributed by atoms with Gasteiger partial charge in [-0.1, -0.05) is 0 Å². The van der Waals surface area contributed by atoms with Crippen LogP contribution < -0.4 is 10.5 Å². The van der Waals surface area contributed by atoms with Crippen LogP contribution >= 0.6 is 0 Å². The van der Waals surface area contributed by atoms with Crippen molar-refractivity contribution in [2.24, 2.45) is 5.14 Å². The average Bonchev–Trinajstić information content (AvgIpc) is 2.70. The Kier molecular flexibility index (Phi) is 3.01. The molecular weight excluding hydrogens is 246 g/mol. The van der Waals surface area contributed by atoms with Crippen molar-refractivity contribution in [1.29, 1.82) is 0 Å². The van der Waals surface area contributed by atoms with Crippen LogP contribution in [0.2, 0.25) is 0 Å². The van der Waals surface area contributed by atoms with Crippen LogP contribution in [0.3, 0.4) is 0 Å². The molecule has 0 radical (unpaired) electrons. The van der Waals surface area contributed by atoms with Gasteiger partial charge in [-0.15, -0.1) is 0 Å². The average molecular weight is 257 g/mol. The van der Waals surface area contributed by atoms with E-state index < -0.39 is 10.0 Å². The number of nitrogens with one attached hydrogen (secondary N) is 1. The van der Waals surface area contributed by atoms with E-state index >= 15 is 0 Å². The third-order valence-electron chi connectivity index (χ3n) is 2.11. The Labute approximate surface area is 97.3 Å². The molecule has 0 atom stereocenters. The first-order valence-corrected chi connectivity index (χ1v) is 6.33. The molecule has 0 fully saturated rings. The molecule has 0 aliphatic carbocycles. The molecule has 2 heterocycles. The molecule has 4 N–H and O–H groups in total. The number of anilines is 1. The largest absolute Gasteiger partial charge is 0.443 e. The topological polar surface area (TPSA) is 118 Å². The lowest BCUT2D eigenvalue weighted by molar-refractivity contribution is 0.311. The van der Waals surface area contributed by atoms with Crippen LogP contribution in [0.5, 0.6) is 0 Å². The number of aliphatic hydroxyl groups is 1. The molecule has 0 aromatic carbocycles. The van der Waals surface area contributed by atoms with E-state index in [1.165, 1.54) is 18.3 Å². The predicted octanol–water partition coefficient (Wildman–Crippen LogP) is -0.121. The number of nitrogens with zero attached hydrogens (tertiary/aromatic N) is 1. The van der Waals surface area contributed by atoms with Gasteiger partial charge in [0.2, 0.25) is 5.09 Å². The van der Waals surface area contributed by atoms with Gasteiger partial charge in [0.25, 0.3) is 10.0 Å². The van der Waals surface area contributed by atoms with Gasteiger partial charge in [-0.25, -0.2) is 18.5 Å². The summed E-state index contributed by atoms with van der Waals surface area (Å²) >= 11 is 0. The Balaban J connectivity index is 2.53. The Hall–Kier alpha value is -1.64. The van der Waals surface area contributed by atoms with Gasteiger partial charge < -0.3 is 14.8 Å². The zero-order valence-electron chi connectivity index (χ0n) is 8.75. The van der Waals surface area contributed by atoms with Crippen LogP contribution in [-0.4, -0.2) is 31.7 Å². The zero-order valence-corrected chi connectivity index (χ0v) is 9.57. The highest BCUT2D eigenvalue weighted by Crippen LogP contribution is 2.26. The molecule has 92 valence electrons. The van der Waals surface area contributed by atoms with Gasteiger partial charge in [-0.05, 0) is 6.07 Å². The first-order chi connectivity index (χ1) is 8.02. The van der Waals surface area contributed by atoms with Crippen LogP contribution in [0.4, 0.5) is 5.82 Å². The molecule has 2 aromatic rings. The molecule has 0 aliphatic rings. The number of furan rings is 1. The van der Waals surface area contributed by atoms with E-state index in [0.717, 1.165) is 0 Å². The lowest BCUT2D eigenvalue weighted by Crippen LogP contribution is -2.10. The highest BCUT2D eigenvalue weighted by Gasteiger charge is 2.16. The summed E-state index contributed by atoms with van der Waals surface area (Å²) < 4.78 is 27.4. The summed E-state index contributed by atoms with van der Waals surface area (Å²) in [5.74, 6) is 0.440. The number of primary sulfonamides is 1. The van der Waals surface area contributed by atoms with Crippen LogP contribution in [0.1, 0.15) is 0 Å². The molecule has 2 rings (SSSR count). The highest BCUT2D eigenvalue weighted by atomic mass is 32.2. The van der Waals surface area contributed by atoms with Gasteiger partial charge in [-0.2, -0.15) is 0 Å². The Bertz CT molecular complexity index is 635. The molecule has 0 unspecified atom stereocenters. The second-order valence-corrected chi connectivity index (χ2v) is 4.82. The molecule has 0 bridgehead atoms.